The Kier molecular flexibility index (Phi) is 5.16. The second-order valence-electron chi connectivity index (χ2n) is 6.33. The lowest BCUT2D eigenvalue weighted by atomic mass is 10.3. The lowest BCUT2D eigenvalue weighted by molar-refractivity contribution is 0.475. The summed E-state index contributed by atoms with van der Waals surface area (Å²) in [7, 11) is 0. The fourth-order valence-electron chi connectivity index (χ4n) is 2.68. The molecule has 0 bridgehead atoms. The van der Waals surface area contributed by atoms with Gasteiger partial charge in [-0.15, -0.1) is 0 Å². The molecule has 0 unspecified atom stereocenters. The largest absolute Gasteiger partial charge is 0.508 e. The number of hydrogen-bond acceptors (Lipinski definition) is 9. The van der Waals surface area contributed by atoms with Crippen molar-refractivity contribution in [3.05, 3.63) is 72.8 Å². The normalized spacial score (nSPS) is 10.4. The van der Waals surface area contributed by atoms with Gasteiger partial charge in [-0.2, -0.15) is 15.0 Å². The van der Waals surface area contributed by atoms with E-state index in [2.05, 4.69) is 30.9 Å². The highest BCUT2D eigenvalue weighted by Gasteiger charge is 2.09. The van der Waals surface area contributed by atoms with Crippen LogP contribution in [0.4, 0.5) is 34.9 Å². The summed E-state index contributed by atoms with van der Waals surface area (Å²) < 4.78 is 0. The minimum atomic E-state index is 0.102. The molecule has 0 spiro atoms. The monoisotopic (exact) mass is 402 g/mol. The summed E-state index contributed by atoms with van der Waals surface area (Å²) in [5.41, 5.74) is 1.77. The van der Waals surface area contributed by atoms with Crippen molar-refractivity contribution in [1.82, 2.24) is 15.0 Å². The molecule has 0 fully saturated rings. The minimum absolute atomic E-state index is 0.102. The molecular weight excluding hydrogens is 384 g/mol. The van der Waals surface area contributed by atoms with Crippen molar-refractivity contribution in [2.75, 3.05) is 16.0 Å². The molecule has 6 N–H and O–H groups in total. The zero-order valence-electron chi connectivity index (χ0n) is 15.6. The first-order valence-electron chi connectivity index (χ1n) is 8.98. The molecule has 0 aliphatic heterocycles. The topological polar surface area (TPSA) is 135 Å². The molecule has 1 aromatic heterocycles. The third-order valence-electron chi connectivity index (χ3n) is 3.94. The first-order chi connectivity index (χ1) is 14.5. The Morgan fingerprint density at radius 1 is 0.467 bits per heavy atom. The first-order valence-corrected chi connectivity index (χ1v) is 8.98. The van der Waals surface area contributed by atoms with Crippen LogP contribution in [-0.2, 0) is 0 Å². The number of rotatable bonds is 6. The maximum atomic E-state index is 9.68. The van der Waals surface area contributed by atoms with Gasteiger partial charge in [-0.25, -0.2) is 0 Å². The highest BCUT2D eigenvalue weighted by atomic mass is 16.3. The van der Waals surface area contributed by atoms with Crippen LogP contribution in [0.25, 0.3) is 0 Å². The molecule has 0 atom stereocenters. The zero-order chi connectivity index (χ0) is 20.9. The van der Waals surface area contributed by atoms with Crippen LogP contribution >= 0.6 is 0 Å². The summed E-state index contributed by atoms with van der Waals surface area (Å²) in [6.45, 7) is 0. The summed E-state index contributed by atoms with van der Waals surface area (Å²) in [5, 5.41) is 38.1. The molecule has 4 aromatic rings. The molecule has 3 aromatic carbocycles. The maximum absolute atomic E-state index is 9.68. The molecule has 150 valence electrons. The number of nitrogens with one attached hydrogen (secondary N) is 3. The molecule has 0 radical (unpaired) electrons. The molecule has 9 nitrogen and oxygen atoms in total. The van der Waals surface area contributed by atoms with Gasteiger partial charge >= 0.3 is 0 Å². The van der Waals surface area contributed by atoms with E-state index in [1.165, 1.54) is 18.2 Å². The summed E-state index contributed by atoms with van der Waals surface area (Å²) in [4.78, 5) is 13.0. The summed E-state index contributed by atoms with van der Waals surface area (Å²) in [5.74, 6) is 0.976. The molecule has 0 aliphatic carbocycles. The van der Waals surface area contributed by atoms with Crippen molar-refractivity contribution >= 4 is 34.9 Å². The van der Waals surface area contributed by atoms with Gasteiger partial charge in [0.2, 0.25) is 17.8 Å². The Morgan fingerprint density at radius 3 is 1.03 bits per heavy atom. The van der Waals surface area contributed by atoms with Crippen LogP contribution in [0, 0.1) is 0 Å². The fraction of sp³-hybridized carbons (Fsp3) is 0. The van der Waals surface area contributed by atoms with Crippen LogP contribution in [0.1, 0.15) is 0 Å². The van der Waals surface area contributed by atoms with Crippen molar-refractivity contribution < 1.29 is 15.3 Å². The van der Waals surface area contributed by atoms with Crippen LogP contribution < -0.4 is 16.0 Å². The number of anilines is 6. The second-order valence-corrected chi connectivity index (χ2v) is 6.33. The maximum Gasteiger partial charge on any atom is 0.233 e. The summed E-state index contributed by atoms with van der Waals surface area (Å²) >= 11 is 0. The van der Waals surface area contributed by atoms with E-state index in [0.29, 0.717) is 17.1 Å². The van der Waals surface area contributed by atoms with E-state index >= 15 is 0 Å². The van der Waals surface area contributed by atoms with Crippen molar-refractivity contribution in [3.63, 3.8) is 0 Å². The van der Waals surface area contributed by atoms with Gasteiger partial charge in [-0.3, -0.25) is 0 Å². The smallest absolute Gasteiger partial charge is 0.233 e. The standard InChI is InChI=1S/C21H18N6O3/c28-16-7-1-4-13(10-16)22-19-25-20(23-14-5-2-8-17(29)11-14)27-21(26-19)24-15-6-3-9-18(30)12-15/h1-12,28-30H,(H3,22,23,24,25,26,27). The van der Waals surface area contributed by atoms with Gasteiger partial charge in [-0.1, -0.05) is 18.2 Å². The third kappa shape index (κ3) is 4.84. The third-order valence-corrected chi connectivity index (χ3v) is 3.94. The zero-order valence-corrected chi connectivity index (χ0v) is 15.6. The molecule has 30 heavy (non-hydrogen) atoms. The van der Waals surface area contributed by atoms with Crippen LogP contribution in [0.5, 0.6) is 17.2 Å². The number of hydrogen-bond donors (Lipinski definition) is 6. The number of phenolic OH excluding ortho intramolecular Hbond substituents is 3. The van der Waals surface area contributed by atoms with E-state index in [9.17, 15) is 15.3 Å². The van der Waals surface area contributed by atoms with Crippen molar-refractivity contribution in [1.29, 1.82) is 0 Å². The molecule has 0 saturated carbocycles. The Morgan fingerprint density at radius 2 is 0.767 bits per heavy atom. The predicted molar refractivity (Wildman–Crippen MR) is 114 cm³/mol. The lowest BCUT2D eigenvalue weighted by Crippen LogP contribution is -2.07. The molecule has 0 saturated heterocycles. The quantitative estimate of drug-likeness (QED) is 0.280. The average molecular weight is 402 g/mol. The van der Waals surface area contributed by atoms with Crippen LogP contribution in [-0.4, -0.2) is 30.3 Å². The molecule has 1 heterocycles. The van der Waals surface area contributed by atoms with Crippen molar-refractivity contribution in [2.24, 2.45) is 0 Å². The first kappa shape index (κ1) is 18.8. The Balaban J connectivity index is 1.67. The summed E-state index contributed by atoms with van der Waals surface area (Å²) in [6.07, 6.45) is 0. The molecule has 0 amide bonds. The number of aromatic nitrogens is 3. The molecule has 4 rings (SSSR count). The minimum Gasteiger partial charge on any atom is -0.508 e. The van der Waals surface area contributed by atoms with Crippen LogP contribution in [0.3, 0.4) is 0 Å². The van der Waals surface area contributed by atoms with Crippen molar-refractivity contribution in [2.45, 2.75) is 0 Å². The van der Waals surface area contributed by atoms with Gasteiger partial charge in [0.05, 0.1) is 0 Å². The second kappa shape index (κ2) is 8.23. The number of phenols is 3. The molecule has 9 heteroatoms. The highest BCUT2D eigenvalue weighted by Crippen LogP contribution is 2.24. The van der Waals surface area contributed by atoms with Gasteiger partial charge in [0.25, 0.3) is 0 Å². The Bertz CT molecular complexity index is 1030. The van der Waals surface area contributed by atoms with Gasteiger partial charge in [-0.05, 0) is 36.4 Å². The number of benzene rings is 3. The van der Waals surface area contributed by atoms with Crippen LogP contribution in [0.2, 0.25) is 0 Å². The van der Waals surface area contributed by atoms with Gasteiger partial charge in [0.15, 0.2) is 0 Å². The van der Waals surface area contributed by atoms with E-state index in [1.807, 2.05) is 0 Å². The van der Waals surface area contributed by atoms with E-state index < -0.39 is 0 Å². The number of aromatic hydroxyl groups is 3. The van der Waals surface area contributed by atoms with E-state index in [1.54, 1.807) is 54.6 Å². The predicted octanol–water partition coefficient (Wildman–Crippen LogP) is 4.22. The van der Waals surface area contributed by atoms with Gasteiger partial charge < -0.3 is 31.3 Å². The SMILES string of the molecule is Oc1cccc(Nc2nc(Nc3cccc(O)c3)nc(Nc3cccc(O)c3)n2)c1. The highest BCUT2D eigenvalue weighted by molar-refractivity contribution is 5.63. The summed E-state index contributed by atoms with van der Waals surface area (Å²) in [6, 6.07) is 19.6. The van der Waals surface area contributed by atoms with Crippen molar-refractivity contribution in [3.8, 4) is 17.2 Å². The fourth-order valence-corrected chi connectivity index (χ4v) is 2.68. The van der Waals surface area contributed by atoms with Gasteiger partial charge in [0, 0.05) is 35.3 Å². The molecular formula is C21H18N6O3. The van der Waals surface area contributed by atoms with Gasteiger partial charge in [0.1, 0.15) is 17.2 Å². The van der Waals surface area contributed by atoms with E-state index in [-0.39, 0.29) is 35.1 Å². The van der Waals surface area contributed by atoms with E-state index in [0.717, 1.165) is 0 Å². The van der Waals surface area contributed by atoms with Crippen LogP contribution in [0.15, 0.2) is 72.8 Å². The lowest BCUT2D eigenvalue weighted by Gasteiger charge is -2.12. The average Bonchev–Trinajstić information content (AvgIpc) is 2.68. The Hall–Kier alpha value is -4.53. The molecule has 0 aliphatic rings. The number of nitrogens with zero attached hydrogens (tertiary/aromatic N) is 3. The van der Waals surface area contributed by atoms with E-state index in [4.69, 9.17) is 0 Å². The Labute approximate surface area is 171 Å².